The second kappa shape index (κ2) is 5.24. The Balaban J connectivity index is 1.97. The maximum Gasteiger partial charge on any atom is 0.197 e. The van der Waals surface area contributed by atoms with Gasteiger partial charge in [-0.1, -0.05) is 6.07 Å². The zero-order valence-electron chi connectivity index (χ0n) is 14.4. The van der Waals surface area contributed by atoms with Gasteiger partial charge in [-0.25, -0.2) is 0 Å². The van der Waals surface area contributed by atoms with Crippen LogP contribution in [0.25, 0.3) is 0 Å². The molecule has 0 spiro atoms. The highest BCUT2D eigenvalue weighted by molar-refractivity contribution is 5.96. The molecule has 1 aromatic carbocycles. The maximum absolute atomic E-state index is 12.6. The molecule has 2 aliphatic carbocycles. The number of ether oxygens (including phenoxy) is 2. The number of aromatic hydroxyl groups is 1. The third-order valence-electron chi connectivity index (χ3n) is 6.36. The fourth-order valence-corrected chi connectivity index (χ4v) is 5.18. The predicted octanol–water partition coefficient (Wildman–Crippen LogP) is 0.601. The van der Waals surface area contributed by atoms with Crippen LogP contribution < -0.4 is 9.64 Å². The number of likely N-dealkylation sites (N-methyl/N-ethyl adjacent to an activating group) is 1. The molecule has 1 fully saturated rings. The molecular weight excluding hydrogens is 306 g/mol. The first-order chi connectivity index (χ1) is 11.5. The van der Waals surface area contributed by atoms with Gasteiger partial charge in [-0.2, -0.15) is 0 Å². The molecule has 5 nitrogen and oxygen atoms in total. The minimum Gasteiger partial charge on any atom is -0.504 e. The molecule has 5 heteroatoms. The molecule has 1 saturated heterocycles. The minimum atomic E-state index is -0.338. The number of allylic oxidation sites excluding steroid dienone is 1. The van der Waals surface area contributed by atoms with Crippen molar-refractivity contribution in [3.05, 3.63) is 35.1 Å². The van der Waals surface area contributed by atoms with Gasteiger partial charge in [-0.15, -0.1) is 0 Å². The summed E-state index contributed by atoms with van der Waals surface area (Å²) in [5.41, 5.74) is 1.74. The van der Waals surface area contributed by atoms with Gasteiger partial charge in [-0.05, 0) is 17.7 Å². The van der Waals surface area contributed by atoms with Gasteiger partial charge >= 0.3 is 0 Å². The van der Waals surface area contributed by atoms with Crippen molar-refractivity contribution in [3.63, 3.8) is 0 Å². The van der Waals surface area contributed by atoms with Crippen LogP contribution in [0.1, 0.15) is 24.0 Å². The highest BCUT2D eigenvalue weighted by Gasteiger charge is 2.58. The Labute approximate surface area is 141 Å². The monoisotopic (exact) mass is 330 g/mol. The summed E-state index contributed by atoms with van der Waals surface area (Å²) in [7, 11) is 5.35. The van der Waals surface area contributed by atoms with E-state index in [-0.39, 0.29) is 22.9 Å². The second-order valence-electron chi connectivity index (χ2n) is 7.32. The molecule has 0 radical (unpaired) electrons. The predicted molar refractivity (Wildman–Crippen MR) is 88.4 cm³/mol. The van der Waals surface area contributed by atoms with Crippen LogP contribution in [-0.2, 0) is 21.4 Å². The summed E-state index contributed by atoms with van der Waals surface area (Å²) in [6, 6.07) is 4.28. The quantitative estimate of drug-likeness (QED) is 0.834. The first-order valence-electron chi connectivity index (χ1n) is 8.52. The number of piperidine rings is 1. The molecule has 1 aromatic rings. The van der Waals surface area contributed by atoms with Crippen molar-refractivity contribution in [1.29, 1.82) is 0 Å². The summed E-state index contributed by atoms with van der Waals surface area (Å²) in [5, 5.41) is 10.9. The number of likely N-dealkylation sites (tertiary alicyclic amines) is 1. The topological polar surface area (TPSA) is 60.2 Å². The van der Waals surface area contributed by atoms with Crippen LogP contribution >= 0.6 is 0 Å². The lowest BCUT2D eigenvalue weighted by molar-refractivity contribution is -0.917. The lowest BCUT2D eigenvalue weighted by Gasteiger charge is -2.54. The second-order valence-corrected chi connectivity index (χ2v) is 7.32. The van der Waals surface area contributed by atoms with Crippen LogP contribution in [0.4, 0.5) is 0 Å². The van der Waals surface area contributed by atoms with Gasteiger partial charge < -0.3 is 19.5 Å². The van der Waals surface area contributed by atoms with E-state index in [4.69, 9.17) is 9.47 Å². The van der Waals surface area contributed by atoms with Crippen molar-refractivity contribution in [1.82, 2.24) is 0 Å². The zero-order chi connectivity index (χ0) is 17.1. The summed E-state index contributed by atoms with van der Waals surface area (Å²) >= 11 is 0. The Morgan fingerprint density at radius 3 is 2.79 bits per heavy atom. The van der Waals surface area contributed by atoms with Crippen LogP contribution in [0.3, 0.4) is 0 Å². The van der Waals surface area contributed by atoms with Crippen molar-refractivity contribution in [2.75, 3.05) is 27.8 Å². The normalized spacial score (nSPS) is 34.0. The average molecular weight is 330 g/mol. The molecule has 4 rings (SSSR count). The number of carbonyl (C=O) groups is 1. The molecule has 1 heterocycles. The third-order valence-corrected chi connectivity index (χ3v) is 6.36. The molecule has 3 aliphatic rings. The van der Waals surface area contributed by atoms with Crippen LogP contribution in [0.5, 0.6) is 11.5 Å². The number of rotatable bonds is 2. The summed E-state index contributed by atoms with van der Waals surface area (Å²) in [6.07, 6.45) is 4.19. The van der Waals surface area contributed by atoms with Crippen LogP contribution in [0, 0.1) is 5.92 Å². The van der Waals surface area contributed by atoms with E-state index < -0.39 is 0 Å². The van der Waals surface area contributed by atoms with Gasteiger partial charge in [-0.3, -0.25) is 4.79 Å². The summed E-state index contributed by atoms with van der Waals surface area (Å²) in [4.78, 5) is 14.1. The van der Waals surface area contributed by atoms with E-state index >= 15 is 0 Å². The first-order valence-corrected chi connectivity index (χ1v) is 8.52. The number of Topliss-reactive ketones (excluding diaryl/α,β-unsaturated/α-hetero) is 1. The lowest BCUT2D eigenvalue weighted by atomic mass is 9.53. The lowest BCUT2D eigenvalue weighted by Crippen LogP contribution is -3.16. The highest BCUT2D eigenvalue weighted by atomic mass is 16.5. The van der Waals surface area contributed by atoms with E-state index in [1.807, 2.05) is 12.1 Å². The van der Waals surface area contributed by atoms with E-state index in [2.05, 4.69) is 13.1 Å². The van der Waals surface area contributed by atoms with E-state index in [9.17, 15) is 9.90 Å². The van der Waals surface area contributed by atoms with E-state index in [0.29, 0.717) is 24.0 Å². The van der Waals surface area contributed by atoms with Crippen LogP contribution in [0.2, 0.25) is 0 Å². The van der Waals surface area contributed by atoms with Crippen molar-refractivity contribution in [3.8, 4) is 11.5 Å². The first kappa shape index (κ1) is 15.5. The number of nitrogens with one attached hydrogen (secondary N) is 1. The van der Waals surface area contributed by atoms with E-state index in [1.165, 1.54) is 4.90 Å². The molecule has 0 aromatic heterocycles. The van der Waals surface area contributed by atoms with E-state index in [1.54, 1.807) is 14.2 Å². The van der Waals surface area contributed by atoms with Crippen molar-refractivity contribution >= 4 is 5.78 Å². The number of methoxy groups -OCH3 is 2. The Bertz CT molecular complexity index is 741. The zero-order valence-corrected chi connectivity index (χ0v) is 14.4. The molecule has 1 unspecified atom stereocenters. The van der Waals surface area contributed by atoms with Gasteiger partial charge in [0.05, 0.1) is 33.9 Å². The Kier molecular flexibility index (Phi) is 3.39. The summed E-state index contributed by atoms with van der Waals surface area (Å²) in [6.45, 7) is 1.00. The number of ketones is 1. The Morgan fingerprint density at radius 1 is 1.29 bits per heavy atom. The van der Waals surface area contributed by atoms with Gasteiger partial charge in [0.15, 0.2) is 23.0 Å². The maximum atomic E-state index is 12.6. The number of hydrogen-bond donors (Lipinski definition) is 2. The molecule has 2 bridgehead atoms. The number of hydrogen-bond acceptors (Lipinski definition) is 4. The number of benzene rings is 1. The molecular formula is C19H24NO4+. The minimum absolute atomic E-state index is 0.0297. The SMILES string of the molecule is COC1=C[C@@H]2[C@@H]3Cc4ccc(OC)c(O)c4[C@]2(CC[NH+]3C)CC1=O. The average Bonchev–Trinajstić information content (AvgIpc) is 2.57. The number of quaternary nitrogens is 1. The fourth-order valence-electron chi connectivity index (χ4n) is 5.18. The molecule has 2 N–H and O–H groups in total. The molecule has 0 amide bonds. The van der Waals surface area contributed by atoms with Crippen LogP contribution in [0.15, 0.2) is 24.0 Å². The molecule has 4 atom stereocenters. The van der Waals surface area contributed by atoms with Crippen molar-refractivity contribution < 1.29 is 24.3 Å². The van der Waals surface area contributed by atoms with Gasteiger partial charge in [0.2, 0.25) is 0 Å². The van der Waals surface area contributed by atoms with Crippen molar-refractivity contribution in [2.24, 2.45) is 5.92 Å². The highest BCUT2D eigenvalue weighted by Crippen LogP contribution is 2.55. The molecule has 1 aliphatic heterocycles. The number of phenolic OH excluding ortho intramolecular Hbond substituents is 1. The summed E-state index contributed by atoms with van der Waals surface area (Å²) in [5.74, 6) is 1.40. The van der Waals surface area contributed by atoms with Crippen molar-refractivity contribution in [2.45, 2.75) is 30.7 Å². The largest absolute Gasteiger partial charge is 0.504 e. The van der Waals surface area contributed by atoms with E-state index in [0.717, 1.165) is 30.5 Å². The Hall–Kier alpha value is -2.01. The molecule has 24 heavy (non-hydrogen) atoms. The number of carbonyl (C=O) groups excluding carboxylic acids is 1. The Morgan fingerprint density at radius 2 is 2.08 bits per heavy atom. The van der Waals surface area contributed by atoms with Gasteiger partial charge in [0.25, 0.3) is 0 Å². The van der Waals surface area contributed by atoms with Crippen LogP contribution in [-0.4, -0.2) is 44.7 Å². The smallest absolute Gasteiger partial charge is 0.197 e. The van der Waals surface area contributed by atoms with Gasteiger partial charge in [0.1, 0.15) is 0 Å². The standard InChI is InChI=1S/C19H23NO4/c1-20-7-6-19-10-14(21)16(24-3)9-12(19)13(20)8-11-4-5-15(23-2)18(22)17(11)19/h4-5,9,12-13,22H,6-8,10H2,1-3H3/p+1/t12-,13+,19-/m1/s1. The molecule has 0 saturated carbocycles. The fraction of sp³-hybridized carbons (Fsp3) is 0.526. The van der Waals surface area contributed by atoms with Gasteiger partial charge in [0, 0.05) is 36.2 Å². The molecule has 128 valence electrons. The number of fused-ring (bicyclic) bond motifs is 1. The summed E-state index contributed by atoms with van der Waals surface area (Å²) < 4.78 is 10.7. The number of phenols is 1. The third kappa shape index (κ3) is 1.88.